The van der Waals surface area contributed by atoms with Crippen LogP contribution in [0, 0.1) is 0 Å². The molecule has 0 aliphatic rings. The molecule has 92 valence electrons. The summed E-state index contributed by atoms with van der Waals surface area (Å²) >= 11 is 5.77. The van der Waals surface area contributed by atoms with E-state index in [9.17, 15) is 4.79 Å². The predicted molar refractivity (Wildman–Crippen MR) is 70.6 cm³/mol. The summed E-state index contributed by atoms with van der Waals surface area (Å²) in [4.78, 5) is 21.5. The second kappa shape index (κ2) is 5.01. The van der Waals surface area contributed by atoms with Crippen molar-refractivity contribution in [2.45, 2.75) is 0 Å². The molecule has 2 aromatic heterocycles. The van der Waals surface area contributed by atoms with E-state index in [0.717, 1.165) is 0 Å². The highest BCUT2D eigenvalue weighted by Gasteiger charge is 2.15. The van der Waals surface area contributed by atoms with Crippen LogP contribution in [0.2, 0.25) is 5.15 Å². The van der Waals surface area contributed by atoms with Crippen molar-refractivity contribution in [2.75, 3.05) is 17.7 Å². The minimum atomic E-state index is -0.246. The van der Waals surface area contributed by atoms with E-state index in [-0.39, 0.29) is 16.9 Å². The number of nitrogens with two attached hydrogens (primary N) is 1. The molecule has 18 heavy (non-hydrogen) atoms. The first-order valence-corrected chi connectivity index (χ1v) is 5.58. The van der Waals surface area contributed by atoms with Gasteiger partial charge in [-0.15, -0.1) is 0 Å². The Hall–Kier alpha value is -2.14. The first-order chi connectivity index (χ1) is 8.58. The first kappa shape index (κ1) is 12.3. The topological polar surface area (TPSA) is 72.1 Å². The van der Waals surface area contributed by atoms with Crippen LogP contribution in [0.5, 0.6) is 0 Å². The zero-order valence-corrected chi connectivity index (χ0v) is 10.4. The van der Waals surface area contributed by atoms with Crippen molar-refractivity contribution in [3.63, 3.8) is 0 Å². The number of carbonyl (C=O) groups is 1. The van der Waals surface area contributed by atoms with E-state index in [2.05, 4.69) is 9.97 Å². The average Bonchev–Trinajstić information content (AvgIpc) is 2.37. The van der Waals surface area contributed by atoms with Crippen LogP contribution in [0.4, 0.5) is 11.6 Å². The molecule has 5 nitrogen and oxygen atoms in total. The van der Waals surface area contributed by atoms with Crippen LogP contribution in [-0.2, 0) is 0 Å². The number of carbonyl (C=O) groups excluding carboxylic acids is 1. The Labute approximate surface area is 109 Å². The first-order valence-electron chi connectivity index (χ1n) is 5.20. The molecule has 2 rings (SSSR count). The third-order valence-electron chi connectivity index (χ3n) is 2.36. The maximum Gasteiger partial charge on any atom is 0.259 e. The number of hydrogen-bond donors (Lipinski definition) is 1. The van der Waals surface area contributed by atoms with E-state index in [1.807, 2.05) is 0 Å². The molecular formula is C12H11ClN4O. The van der Waals surface area contributed by atoms with Crippen molar-refractivity contribution in [1.82, 2.24) is 9.97 Å². The molecule has 0 saturated heterocycles. The highest BCUT2D eigenvalue weighted by atomic mass is 35.5. The Morgan fingerprint density at radius 2 is 2.17 bits per heavy atom. The van der Waals surface area contributed by atoms with E-state index in [0.29, 0.717) is 11.4 Å². The summed E-state index contributed by atoms with van der Waals surface area (Å²) in [5.41, 5.74) is 5.93. The van der Waals surface area contributed by atoms with Crippen molar-refractivity contribution in [3.8, 4) is 0 Å². The number of anilines is 2. The Balaban J connectivity index is 2.31. The van der Waals surface area contributed by atoms with Gasteiger partial charge in [0.1, 0.15) is 16.8 Å². The van der Waals surface area contributed by atoms with Gasteiger partial charge < -0.3 is 5.73 Å². The minimum absolute atomic E-state index is 0.188. The summed E-state index contributed by atoms with van der Waals surface area (Å²) in [6.45, 7) is 0. The summed E-state index contributed by atoms with van der Waals surface area (Å²) in [7, 11) is 1.63. The summed E-state index contributed by atoms with van der Waals surface area (Å²) in [6.07, 6.45) is 1.62. The molecule has 0 aliphatic carbocycles. The number of nitrogen functional groups attached to an aromatic ring is 1. The standard InChI is InChI=1S/C12H11ClN4O/c1-17(11-4-2-3-5-15-11)12(18)8-6-9(13)16-10(14)7-8/h2-7H,1H3,(H2,14,16). The molecule has 0 radical (unpaired) electrons. The van der Waals surface area contributed by atoms with Crippen molar-refractivity contribution in [1.29, 1.82) is 0 Å². The molecule has 0 spiro atoms. The number of hydrogen-bond acceptors (Lipinski definition) is 4. The van der Waals surface area contributed by atoms with Gasteiger partial charge in [-0.05, 0) is 24.3 Å². The lowest BCUT2D eigenvalue weighted by molar-refractivity contribution is 0.0992. The fourth-order valence-electron chi connectivity index (χ4n) is 1.49. The minimum Gasteiger partial charge on any atom is -0.384 e. The van der Waals surface area contributed by atoms with E-state index >= 15 is 0 Å². The van der Waals surface area contributed by atoms with Crippen LogP contribution < -0.4 is 10.6 Å². The van der Waals surface area contributed by atoms with Gasteiger partial charge in [-0.2, -0.15) is 0 Å². The molecule has 0 saturated carbocycles. The molecule has 0 aromatic carbocycles. The number of nitrogens with zero attached hydrogens (tertiary/aromatic N) is 3. The number of halogens is 1. The van der Waals surface area contributed by atoms with Crippen LogP contribution in [-0.4, -0.2) is 22.9 Å². The van der Waals surface area contributed by atoms with Gasteiger partial charge in [0.25, 0.3) is 5.91 Å². The van der Waals surface area contributed by atoms with E-state index in [4.69, 9.17) is 17.3 Å². The SMILES string of the molecule is CN(C(=O)c1cc(N)nc(Cl)c1)c1ccccn1. The highest BCUT2D eigenvalue weighted by molar-refractivity contribution is 6.30. The summed E-state index contributed by atoms with van der Waals surface area (Å²) < 4.78 is 0. The van der Waals surface area contributed by atoms with Crippen molar-refractivity contribution >= 4 is 29.1 Å². The van der Waals surface area contributed by atoms with Crippen LogP contribution in [0.15, 0.2) is 36.5 Å². The van der Waals surface area contributed by atoms with E-state index < -0.39 is 0 Å². The molecule has 2 heterocycles. The maximum absolute atomic E-state index is 12.2. The van der Waals surface area contributed by atoms with E-state index in [1.165, 1.54) is 17.0 Å². The summed E-state index contributed by atoms with van der Waals surface area (Å²) in [6, 6.07) is 8.28. The van der Waals surface area contributed by atoms with Gasteiger partial charge in [-0.25, -0.2) is 9.97 Å². The van der Waals surface area contributed by atoms with Crippen molar-refractivity contribution < 1.29 is 4.79 Å². The zero-order chi connectivity index (χ0) is 13.1. The average molecular weight is 263 g/mol. The Morgan fingerprint density at radius 1 is 1.39 bits per heavy atom. The summed E-state index contributed by atoms with van der Waals surface area (Å²) in [5, 5.41) is 0.188. The Morgan fingerprint density at radius 3 is 2.78 bits per heavy atom. The number of pyridine rings is 2. The molecule has 6 heteroatoms. The molecular weight excluding hydrogens is 252 g/mol. The molecule has 1 amide bonds. The predicted octanol–water partition coefficient (Wildman–Crippen LogP) is 1.99. The lowest BCUT2D eigenvalue weighted by Gasteiger charge is -2.16. The smallest absolute Gasteiger partial charge is 0.259 e. The summed E-state index contributed by atoms with van der Waals surface area (Å²) in [5.74, 6) is 0.513. The molecule has 2 N–H and O–H groups in total. The van der Waals surface area contributed by atoms with Gasteiger partial charge >= 0.3 is 0 Å². The molecule has 2 aromatic rings. The van der Waals surface area contributed by atoms with Gasteiger partial charge in [-0.3, -0.25) is 9.69 Å². The Kier molecular flexibility index (Phi) is 3.43. The molecule has 0 aliphatic heterocycles. The second-order valence-electron chi connectivity index (χ2n) is 3.66. The van der Waals surface area contributed by atoms with Gasteiger partial charge in [0.2, 0.25) is 0 Å². The van der Waals surface area contributed by atoms with Crippen LogP contribution >= 0.6 is 11.6 Å². The largest absolute Gasteiger partial charge is 0.384 e. The monoisotopic (exact) mass is 262 g/mol. The normalized spacial score (nSPS) is 10.1. The van der Waals surface area contributed by atoms with Gasteiger partial charge in [-0.1, -0.05) is 17.7 Å². The molecule has 0 atom stereocenters. The Bertz CT molecular complexity index is 553. The van der Waals surface area contributed by atoms with Crippen LogP contribution in [0.25, 0.3) is 0 Å². The zero-order valence-electron chi connectivity index (χ0n) is 9.67. The number of rotatable bonds is 2. The fourth-order valence-corrected chi connectivity index (χ4v) is 1.71. The molecule has 0 bridgehead atoms. The number of amides is 1. The van der Waals surface area contributed by atoms with Gasteiger partial charge in [0.05, 0.1) is 0 Å². The van der Waals surface area contributed by atoms with Gasteiger partial charge in [0, 0.05) is 18.8 Å². The second-order valence-corrected chi connectivity index (χ2v) is 4.04. The fraction of sp³-hybridized carbons (Fsp3) is 0.0833. The van der Waals surface area contributed by atoms with Crippen molar-refractivity contribution in [2.24, 2.45) is 0 Å². The van der Waals surface area contributed by atoms with Crippen LogP contribution in [0.3, 0.4) is 0 Å². The highest BCUT2D eigenvalue weighted by Crippen LogP contribution is 2.16. The third kappa shape index (κ3) is 2.57. The third-order valence-corrected chi connectivity index (χ3v) is 2.55. The van der Waals surface area contributed by atoms with Crippen molar-refractivity contribution in [3.05, 3.63) is 47.2 Å². The van der Waals surface area contributed by atoms with Crippen LogP contribution in [0.1, 0.15) is 10.4 Å². The number of aromatic nitrogens is 2. The maximum atomic E-state index is 12.2. The quantitative estimate of drug-likeness (QED) is 0.840. The lowest BCUT2D eigenvalue weighted by Crippen LogP contribution is -2.27. The van der Waals surface area contributed by atoms with Gasteiger partial charge in [0.15, 0.2) is 0 Å². The molecule has 0 fully saturated rings. The lowest BCUT2D eigenvalue weighted by atomic mass is 10.2. The van der Waals surface area contributed by atoms with E-state index in [1.54, 1.807) is 31.4 Å². The molecule has 0 unspecified atom stereocenters.